The highest BCUT2D eigenvalue weighted by Crippen LogP contribution is 2.12. The zero-order chi connectivity index (χ0) is 20.7. The fourth-order valence-corrected chi connectivity index (χ4v) is 4.01. The largest absolute Gasteiger partial charge is 0.349 e. The van der Waals surface area contributed by atoms with Crippen LogP contribution in [0.2, 0.25) is 0 Å². The molecule has 0 aliphatic heterocycles. The van der Waals surface area contributed by atoms with Gasteiger partial charge in [-0.25, -0.2) is 8.42 Å². The first kappa shape index (κ1) is 20.7. The van der Waals surface area contributed by atoms with E-state index in [9.17, 15) is 13.2 Å². The maximum absolute atomic E-state index is 12.8. The molecule has 1 atom stereocenters. The van der Waals surface area contributed by atoms with Crippen molar-refractivity contribution < 1.29 is 13.2 Å². The Labute approximate surface area is 171 Å². The number of amides is 1. The fraction of sp³-hybridized carbons (Fsp3) is 0.182. The maximum atomic E-state index is 12.8. The Morgan fingerprint density at radius 2 is 1.66 bits per heavy atom. The molecule has 29 heavy (non-hydrogen) atoms. The second-order valence-corrected chi connectivity index (χ2v) is 8.43. The molecule has 2 aromatic carbocycles. The van der Waals surface area contributed by atoms with Gasteiger partial charge in [0.1, 0.15) is 6.04 Å². The summed E-state index contributed by atoms with van der Waals surface area (Å²) in [7, 11) is -3.85. The molecule has 0 saturated carbocycles. The predicted molar refractivity (Wildman–Crippen MR) is 112 cm³/mol. The second-order valence-electron chi connectivity index (χ2n) is 6.72. The van der Waals surface area contributed by atoms with Crippen molar-refractivity contribution in [2.75, 3.05) is 0 Å². The van der Waals surface area contributed by atoms with Crippen molar-refractivity contribution in [3.8, 4) is 0 Å². The Bertz CT molecular complexity index is 1040. The van der Waals surface area contributed by atoms with Crippen molar-refractivity contribution in [1.82, 2.24) is 15.0 Å². The van der Waals surface area contributed by atoms with Crippen LogP contribution in [0.25, 0.3) is 0 Å². The lowest BCUT2D eigenvalue weighted by molar-refractivity contribution is -0.122. The highest BCUT2D eigenvalue weighted by Gasteiger charge is 2.26. The van der Waals surface area contributed by atoms with Gasteiger partial charge < -0.3 is 5.32 Å². The van der Waals surface area contributed by atoms with Crippen LogP contribution in [0.15, 0.2) is 83.9 Å². The molecule has 0 spiro atoms. The summed E-state index contributed by atoms with van der Waals surface area (Å²) in [5.74, 6) is -0.407. The second kappa shape index (κ2) is 9.45. The molecule has 0 unspecified atom stereocenters. The molecule has 1 amide bonds. The quantitative estimate of drug-likeness (QED) is 0.599. The van der Waals surface area contributed by atoms with Crippen molar-refractivity contribution in [3.05, 3.63) is 95.8 Å². The highest BCUT2D eigenvalue weighted by atomic mass is 32.2. The molecule has 0 aliphatic carbocycles. The molecule has 3 rings (SSSR count). The van der Waals surface area contributed by atoms with Gasteiger partial charge in [0.15, 0.2) is 0 Å². The zero-order valence-electron chi connectivity index (χ0n) is 16.1. The first-order valence-corrected chi connectivity index (χ1v) is 10.7. The molecule has 3 aromatic rings. The Hall–Kier alpha value is -3.03. The van der Waals surface area contributed by atoms with E-state index < -0.39 is 22.0 Å². The number of pyridine rings is 1. The van der Waals surface area contributed by atoms with Crippen LogP contribution in [0.3, 0.4) is 0 Å². The van der Waals surface area contributed by atoms with E-state index in [-0.39, 0.29) is 17.9 Å². The first-order valence-electron chi connectivity index (χ1n) is 9.24. The minimum atomic E-state index is -3.85. The van der Waals surface area contributed by atoms with Crippen LogP contribution in [0.1, 0.15) is 16.8 Å². The molecule has 0 radical (unpaired) electrons. The molecule has 1 aromatic heterocycles. The van der Waals surface area contributed by atoms with Crippen LogP contribution in [-0.4, -0.2) is 25.4 Å². The van der Waals surface area contributed by atoms with Crippen LogP contribution in [0.5, 0.6) is 0 Å². The van der Waals surface area contributed by atoms with Gasteiger partial charge in [0.05, 0.1) is 17.1 Å². The fourth-order valence-electron chi connectivity index (χ4n) is 2.81. The van der Waals surface area contributed by atoms with Crippen LogP contribution >= 0.6 is 0 Å². The number of aryl methyl sites for hydroxylation is 1. The molecule has 2 N–H and O–H groups in total. The van der Waals surface area contributed by atoms with E-state index in [1.54, 1.807) is 30.5 Å². The van der Waals surface area contributed by atoms with Gasteiger partial charge >= 0.3 is 0 Å². The van der Waals surface area contributed by atoms with E-state index in [4.69, 9.17) is 0 Å². The Morgan fingerprint density at radius 3 is 2.31 bits per heavy atom. The number of carbonyl (C=O) groups excluding carboxylic acids is 1. The van der Waals surface area contributed by atoms with Crippen molar-refractivity contribution in [2.45, 2.75) is 30.8 Å². The molecule has 150 valence electrons. The number of sulfonamides is 1. The number of carbonyl (C=O) groups is 1. The van der Waals surface area contributed by atoms with Gasteiger partial charge in [-0.3, -0.25) is 9.78 Å². The van der Waals surface area contributed by atoms with Gasteiger partial charge in [-0.2, -0.15) is 4.72 Å². The van der Waals surface area contributed by atoms with Crippen LogP contribution in [0, 0.1) is 6.92 Å². The van der Waals surface area contributed by atoms with Gasteiger partial charge in [0.2, 0.25) is 15.9 Å². The number of benzene rings is 2. The van der Waals surface area contributed by atoms with Gasteiger partial charge in [0.25, 0.3) is 0 Å². The van der Waals surface area contributed by atoms with Crippen LogP contribution in [-0.2, 0) is 27.8 Å². The Balaban J connectivity index is 1.78. The monoisotopic (exact) mass is 409 g/mol. The Morgan fingerprint density at radius 1 is 0.966 bits per heavy atom. The van der Waals surface area contributed by atoms with E-state index in [0.29, 0.717) is 5.69 Å². The van der Waals surface area contributed by atoms with Gasteiger partial charge in [-0.1, -0.05) is 54.1 Å². The lowest BCUT2D eigenvalue weighted by atomic mass is 10.1. The van der Waals surface area contributed by atoms with E-state index in [1.807, 2.05) is 43.3 Å². The lowest BCUT2D eigenvalue weighted by Crippen LogP contribution is -2.47. The molecule has 6 nitrogen and oxygen atoms in total. The standard InChI is InChI=1S/C22H23N3O3S/c1-17-10-12-20(13-11-17)29(27,28)25-21(15-18-7-3-2-4-8-18)22(26)24-16-19-9-5-6-14-23-19/h2-14,21,25H,15-16H2,1H3,(H,24,26)/t21-/m1/s1. The minimum absolute atomic E-state index is 0.124. The summed E-state index contributed by atoms with van der Waals surface area (Å²) >= 11 is 0. The van der Waals surface area contributed by atoms with Crippen LogP contribution in [0.4, 0.5) is 0 Å². The van der Waals surface area contributed by atoms with Crippen molar-refractivity contribution >= 4 is 15.9 Å². The van der Waals surface area contributed by atoms with Gasteiger partial charge in [0, 0.05) is 6.20 Å². The van der Waals surface area contributed by atoms with Crippen molar-refractivity contribution in [3.63, 3.8) is 0 Å². The number of aromatic nitrogens is 1. The zero-order valence-corrected chi connectivity index (χ0v) is 16.9. The molecule has 0 aliphatic rings. The molecule has 0 bridgehead atoms. The SMILES string of the molecule is Cc1ccc(S(=O)(=O)N[C@H](Cc2ccccc2)C(=O)NCc2ccccn2)cc1. The molecule has 0 saturated heterocycles. The Kier molecular flexibility index (Phi) is 6.74. The highest BCUT2D eigenvalue weighted by molar-refractivity contribution is 7.89. The van der Waals surface area contributed by atoms with E-state index in [2.05, 4.69) is 15.0 Å². The van der Waals surface area contributed by atoms with E-state index in [1.165, 1.54) is 12.1 Å². The molecule has 7 heteroatoms. The summed E-state index contributed by atoms with van der Waals surface area (Å²) in [6.07, 6.45) is 1.88. The predicted octanol–water partition coefficient (Wildman–Crippen LogP) is 2.60. The topological polar surface area (TPSA) is 88.2 Å². The number of nitrogens with one attached hydrogen (secondary N) is 2. The average Bonchev–Trinajstić information content (AvgIpc) is 2.73. The summed E-state index contributed by atoms with van der Waals surface area (Å²) in [6, 6.07) is 20.3. The smallest absolute Gasteiger partial charge is 0.241 e. The summed E-state index contributed by atoms with van der Waals surface area (Å²) in [5, 5.41) is 2.77. The maximum Gasteiger partial charge on any atom is 0.241 e. The molecular formula is C22H23N3O3S. The summed E-state index contributed by atoms with van der Waals surface area (Å²) in [5.41, 5.74) is 2.51. The number of rotatable bonds is 8. The number of nitrogens with zero attached hydrogens (tertiary/aromatic N) is 1. The normalized spacial score (nSPS) is 12.3. The van der Waals surface area contributed by atoms with Gasteiger partial charge in [-0.15, -0.1) is 0 Å². The third-order valence-corrected chi connectivity index (χ3v) is 5.89. The lowest BCUT2D eigenvalue weighted by Gasteiger charge is -2.19. The average molecular weight is 410 g/mol. The summed E-state index contributed by atoms with van der Waals surface area (Å²) in [4.78, 5) is 17.1. The minimum Gasteiger partial charge on any atom is -0.349 e. The molecule has 1 heterocycles. The molecular weight excluding hydrogens is 386 g/mol. The summed E-state index contributed by atoms with van der Waals surface area (Å²) < 4.78 is 28.2. The first-order chi connectivity index (χ1) is 13.9. The third-order valence-electron chi connectivity index (χ3n) is 4.40. The van der Waals surface area contributed by atoms with E-state index >= 15 is 0 Å². The molecule has 0 fully saturated rings. The summed E-state index contributed by atoms with van der Waals surface area (Å²) in [6.45, 7) is 2.10. The van der Waals surface area contributed by atoms with Crippen LogP contribution < -0.4 is 10.0 Å². The van der Waals surface area contributed by atoms with Crippen molar-refractivity contribution in [1.29, 1.82) is 0 Å². The number of hydrogen-bond donors (Lipinski definition) is 2. The van der Waals surface area contributed by atoms with E-state index in [0.717, 1.165) is 11.1 Å². The third kappa shape index (κ3) is 5.97. The number of hydrogen-bond acceptors (Lipinski definition) is 4. The van der Waals surface area contributed by atoms with Crippen molar-refractivity contribution in [2.24, 2.45) is 0 Å². The van der Waals surface area contributed by atoms with Gasteiger partial charge in [-0.05, 0) is 43.2 Å².